The lowest BCUT2D eigenvalue weighted by atomic mass is 9.80. The summed E-state index contributed by atoms with van der Waals surface area (Å²) in [5.41, 5.74) is 0.905. The molecule has 3 heteroatoms. The molecule has 1 aliphatic rings. The van der Waals surface area contributed by atoms with Gasteiger partial charge in [-0.15, -0.1) is 0 Å². The molecule has 0 spiro atoms. The Bertz CT molecular complexity index is 218. The number of amides is 2. The predicted octanol–water partition coefficient (Wildman–Crippen LogP) is 1.59. The Labute approximate surface area is 66.9 Å². The van der Waals surface area contributed by atoms with Crippen LogP contribution in [0.2, 0.25) is 0 Å². The van der Waals surface area contributed by atoms with Crippen molar-refractivity contribution >= 4 is 11.7 Å². The molecule has 3 nitrogen and oxygen atoms in total. The van der Waals surface area contributed by atoms with Crippen LogP contribution in [-0.4, -0.2) is 17.8 Å². The number of carbonyl (C=O) groups is 1. The highest BCUT2D eigenvalue weighted by molar-refractivity contribution is 5.99. The molecule has 1 rings (SSSR count). The van der Waals surface area contributed by atoms with Crippen molar-refractivity contribution in [3.8, 4) is 0 Å². The van der Waals surface area contributed by atoms with Gasteiger partial charge in [-0.2, -0.15) is 0 Å². The molecule has 1 heterocycles. The second kappa shape index (κ2) is 2.32. The summed E-state index contributed by atoms with van der Waals surface area (Å²) in [6, 6.07) is -0.0400. The fraction of sp³-hybridized carbons (Fsp3) is 0.750. The summed E-state index contributed by atoms with van der Waals surface area (Å²) in [6.45, 7) is 8.05. The minimum atomic E-state index is -0.214. The Morgan fingerprint density at radius 3 is 2.55 bits per heavy atom. The molecule has 0 aromatic carbocycles. The van der Waals surface area contributed by atoms with Crippen LogP contribution in [0.5, 0.6) is 0 Å². The molecule has 1 aliphatic heterocycles. The second-order valence-corrected chi connectivity index (χ2v) is 3.59. The van der Waals surface area contributed by atoms with Crippen LogP contribution in [-0.2, 0) is 0 Å². The number of hydrogen-bond donors (Lipinski definition) is 1. The molecule has 0 radical (unpaired) electrons. The van der Waals surface area contributed by atoms with Gasteiger partial charge in [0.05, 0.1) is 0 Å². The van der Waals surface area contributed by atoms with Crippen molar-refractivity contribution in [1.82, 2.24) is 5.32 Å². The second-order valence-electron chi connectivity index (χ2n) is 3.59. The fourth-order valence-corrected chi connectivity index (χ4v) is 1.01. The fourth-order valence-electron chi connectivity index (χ4n) is 1.01. The SMILES string of the molecule is CC1=NC(=O)NC(C)C1(C)C. The van der Waals surface area contributed by atoms with E-state index in [1.807, 2.05) is 13.8 Å². The first-order chi connectivity index (χ1) is 4.94. The summed E-state index contributed by atoms with van der Waals surface area (Å²) in [6.07, 6.45) is 0. The highest BCUT2D eigenvalue weighted by atomic mass is 16.2. The first-order valence-corrected chi connectivity index (χ1v) is 3.81. The monoisotopic (exact) mass is 154 g/mol. The zero-order valence-electron chi connectivity index (χ0n) is 7.43. The summed E-state index contributed by atoms with van der Waals surface area (Å²) >= 11 is 0. The predicted molar refractivity (Wildman–Crippen MR) is 44.9 cm³/mol. The molecule has 0 saturated heterocycles. The van der Waals surface area contributed by atoms with Gasteiger partial charge in [0, 0.05) is 17.2 Å². The third-order valence-corrected chi connectivity index (χ3v) is 2.62. The van der Waals surface area contributed by atoms with Gasteiger partial charge < -0.3 is 5.32 Å². The molecule has 2 amide bonds. The Hall–Kier alpha value is -0.860. The molecule has 0 aromatic heterocycles. The number of aliphatic imine (C=N–C) groups is 1. The third-order valence-electron chi connectivity index (χ3n) is 2.62. The highest BCUT2D eigenvalue weighted by Crippen LogP contribution is 2.25. The topological polar surface area (TPSA) is 41.5 Å². The molecule has 62 valence electrons. The van der Waals surface area contributed by atoms with Gasteiger partial charge >= 0.3 is 6.03 Å². The van der Waals surface area contributed by atoms with E-state index in [4.69, 9.17) is 0 Å². The van der Waals surface area contributed by atoms with Gasteiger partial charge in [0.2, 0.25) is 0 Å². The summed E-state index contributed by atoms with van der Waals surface area (Å²) in [7, 11) is 0. The van der Waals surface area contributed by atoms with Crippen molar-refractivity contribution in [1.29, 1.82) is 0 Å². The maximum atomic E-state index is 10.9. The lowest BCUT2D eigenvalue weighted by molar-refractivity contribution is 0.234. The van der Waals surface area contributed by atoms with Crippen LogP contribution in [0.4, 0.5) is 4.79 Å². The highest BCUT2D eigenvalue weighted by Gasteiger charge is 2.33. The van der Waals surface area contributed by atoms with Crippen LogP contribution in [0.15, 0.2) is 4.99 Å². The number of urea groups is 1. The van der Waals surface area contributed by atoms with E-state index in [0.717, 1.165) is 5.71 Å². The molecule has 0 fully saturated rings. The number of nitrogens with zero attached hydrogens (tertiary/aromatic N) is 1. The van der Waals surface area contributed by atoms with Gasteiger partial charge in [-0.25, -0.2) is 9.79 Å². The van der Waals surface area contributed by atoms with Gasteiger partial charge in [-0.3, -0.25) is 0 Å². The van der Waals surface area contributed by atoms with Gasteiger partial charge in [-0.1, -0.05) is 13.8 Å². The lowest BCUT2D eigenvalue weighted by Gasteiger charge is -2.35. The molecule has 0 aromatic rings. The van der Waals surface area contributed by atoms with E-state index >= 15 is 0 Å². The summed E-state index contributed by atoms with van der Waals surface area (Å²) in [4.78, 5) is 14.7. The number of rotatable bonds is 0. The van der Waals surface area contributed by atoms with E-state index in [2.05, 4.69) is 24.2 Å². The van der Waals surface area contributed by atoms with E-state index in [1.165, 1.54) is 0 Å². The van der Waals surface area contributed by atoms with Crippen LogP contribution >= 0.6 is 0 Å². The van der Waals surface area contributed by atoms with E-state index in [1.54, 1.807) is 0 Å². The van der Waals surface area contributed by atoms with Crippen LogP contribution in [0, 0.1) is 5.41 Å². The maximum absolute atomic E-state index is 10.9. The zero-order valence-corrected chi connectivity index (χ0v) is 7.43. The van der Waals surface area contributed by atoms with Crippen LogP contribution in [0.25, 0.3) is 0 Å². The Kier molecular flexibility index (Phi) is 1.74. The van der Waals surface area contributed by atoms with Crippen LogP contribution < -0.4 is 5.32 Å². The smallest absolute Gasteiger partial charge is 0.333 e. The molecule has 0 saturated carbocycles. The Morgan fingerprint density at radius 1 is 1.55 bits per heavy atom. The summed E-state index contributed by atoms with van der Waals surface area (Å²) < 4.78 is 0. The molecular weight excluding hydrogens is 140 g/mol. The largest absolute Gasteiger partial charge is 0.341 e. The van der Waals surface area contributed by atoms with Crippen molar-refractivity contribution in [2.45, 2.75) is 33.7 Å². The van der Waals surface area contributed by atoms with E-state index < -0.39 is 0 Å². The number of carbonyl (C=O) groups excluding carboxylic acids is 1. The maximum Gasteiger partial charge on any atom is 0.341 e. The normalized spacial score (nSPS) is 29.3. The summed E-state index contributed by atoms with van der Waals surface area (Å²) in [5, 5.41) is 2.77. The van der Waals surface area contributed by atoms with Gasteiger partial charge in [0.25, 0.3) is 0 Å². The van der Waals surface area contributed by atoms with E-state index in [0.29, 0.717) is 0 Å². The average Bonchev–Trinajstić information content (AvgIpc) is 1.84. The minimum Gasteiger partial charge on any atom is -0.333 e. The van der Waals surface area contributed by atoms with Crippen molar-refractivity contribution < 1.29 is 4.79 Å². The van der Waals surface area contributed by atoms with E-state index in [9.17, 15) is 4.79 Å². The van der Waals surface area contributed by atoms with Gasteiger partial charge in [0.15, 0.2) is 0 Å². The standard InChI is InChI=1S/C8H14N2O/c1-5-8(3,4)6(2)10-7(11)9-5/h5H,1-4H3,(H,9,11). The van der Waals surface area contributed by atoms with Crippen molar-refractivity contribution in [3.05, 3.63) is 0 Å². The van der Waals surface area contributed by atoms with Crippen molar-refractivity contribution in [2.24, 2.45) is 10.4 Å². The first kappa shape index (κ1) is 8.24. The van der Waals surface area contributed by atoms with Crippen LogP contribution in [0.3, 0.4) is 0 Å². The van der Waals surface area contributed by atoms with E-state index in [-0.39, 0.29) is 17.5 Å². The Morgan fingerprint density at radius 2 is 2.09 bits per heavy atom. The van der Waals surface area contributed by atoms with Crippen LogP contribution in [0.1, 0.15) is 27.7 Å². The molecular formula is C8H14N2O. The van der Waals surface area contributed by atoms with Gasteiger partial charge in [0.1, 0.15) is 0 Å². The molecule has 1 N–H and O–H groups in total. The Balaban J connectivity index is 2.99. The average molecular weight is 154 g/mol. The quantitative estimate of drug-likeness (QED) is 0.565. The molecule has 1 atom stereocenters. The molecule has 11 heavy (non-hydrogen) atoms. The third kappa shape index (κ3) is 1.27. The molecule has 0 bridgehead atoms. The van der Waals surface area contributed by atoms with Gasteiger partial charge in [-0.05, 0) is 13.8 Å². The minimum absolute atomic E-state index is 0.00604. The summed E-state index contributed by atoms with van der Waals surface area (Å²) in [5.74, 6) is 0. The molecule has 1 unspecified atom stereocenters. The zero-order chi connectivity index (χ0) is 8.65. The number of nitrogens with one attached hydrogen (secondary N) is 1. The lowest BCUT2D eigenvalue weighted by Crippen LogP contribution is -2.49. The first-order valence-electron chi connectivity index (χ1n) is 3.81. The van der Waals surface area contributed by atoms with Crippen molar-refractivity contribution in [3.63, 3.8) is 0 Å². The van der Waals surface area contributed by atoms with Crippen molar-refractivity contribution in [2.75, 3.05) is 0 Å². The molecule has 0 aliphatic carbocycles. The number of hydrogen-bond acceptors (Lipinski definition) is 1.